The van der Waals surface area contributed by atoms with Gasteiger partial charge in [-0.25, -0.2) is 4.79 Å². The lowest BCUT2D eigenvalue weighted by Crippen LogP contribution is -2.10. The fourth-order valence-corrected chi connectivity index (χ4v) is 1.92. The van der Waals surface area contributed by atoms with Gasteiger partial charge in [-0.3, -0.25) is 0 Å². The van der Waals surface area contributed by atoms with Crippen molar-refractivity contribution in [2.45, 2.75) is 45.4 Å². The Hall–Kier alpha value is -1.57. The van der Waals surface area contributed by atoms with Crippen LogP contribution in [0, 0.1) is 0 Å². The number of benzene rings is 1. The first-order valence-corrected chi connectivity index (χ1v) is 6.70. The molecule has 0 saturated carbocycles. The Bertz CT molecular complexity index is 435. The lowest BCUT2D eigenvalue weighted by molar-refractivity contribution is -0.136. The number of carbonyl (C=O) groups is 1. The Balaban J connectivity index is 2.47. The van der Waals surface area contributed by atoms with Crippen molar-refractivity contribution < 1.29 is 9.53 Å². The Morgan fingerprint density at radius 1 is 1.21 bits per heavy atom. The van der Waals surface area contributed by atoms with Gasteiger partial charge in [-0.05, 0) is 35.8 Å². The molecule has 1 aromatic rings. The second-order valence-corrected chi connectivity index (χ2v) is 5.90. The summed E-state index contributed by atoms with van der Waals surface area (Å²) in [5.74, 6) is -0.303. The van der Waals surface area contributed by atoms with Crippen LogP contribution in [0.1, 0.15) is 44.7 Å². The zero-order valence-electron chi connectivity index (χ0n) is 12.5. The molecule has 0 aliphatic rings. The molecule has 0 saturated heterocycles. The summed E-state index contributed by atoms with van der Waals surface area (Å²) in [5.41, 5.74) is 3.38. The highest BCUT2D eigenvalue weighted by Gasteiger charge is 2.12. The fraction of sp³-hybridized carbons (Fsp3) is 0.471. The molecule has 1 rings (SSSR count). The highest BCUT2D eigenvalue weighted by atomic mass is 16.5. The molecule has 0 bridgehead atoms. The van der Waals surface area contributed by atoms with Gasteiger partial charge in [0.15, 0.2) is 0 Å². The first-order chi connectivity index (χ1) is 8.84. The first kappa shape index (κ1) is 15.5. The van der Waals surface area contributed by atoms with Crippen molar-refractivity contribution >= 4 is 5.97 Å². The Morgan fingerprint density at radius 2 is 1.79 bits per heavy atom. The minimum absolute atomic E-state index is 0.192. The van der Waals surface area contributed by atoms with Crippen LogP contribution >= 0.6 is 0 Å². The third kappa shape index (κ3) is 4.90. The largest absolute Gasteiger partial charge is 0.466 e. The second kappa shape index (κ2) is 6.55. The van der Waals surface area contributed by atoms with Crippen LogP contribution in [-0.2, 0) is 21.4 Å². The van der Waals surface area contributed by atoms with Crippen LogP contribution in [0.15, 0.2) is 36.4 Å². The maximum Gasteiger partial charge on any atom is 0.333 e. The number of hydrogen-bond acceptors (Lipinski definition) is 2. The monoisotopic (exact) mass is 260 g/mol. The van der Waals surface area contributed by atoms with E-state index < -0.39 is 0 Å². The van der Waals surface area contributed by atoms with Crippen LogP contribution < -0.4 is 0 Å². The maximum atomic E-state index is 11.2. The van der Waals surface area contributed by atoms with Crippen molar-refractivity contribution in [3.8, 4) is 0 Å². The molecule has 0 unspecified atom stereocenters. The van der Waals surface area contributed by atoms with E-state index in [1.165, 1.54) is 18.2 Å². The van der Waals surface area contributed by atoms with Crippen molar-refractivity contribution in [1.29, 1.82) is 0 Å². The number of rotatable bonds is 5. The summed E-state index contributed by atoms with van der Waals surface area (Å²) in [6.45, 7) is 10.4. The van der Waals surface area contributed by atoms with Crippen LogP contribution in [0.3, 0.4) is 0 Å². The molecule has 19 heavy (non-hydrogen) atoms. The van der Waals surface area contributed by atoms with Gasteiger partial charge in [-0.2, -0.15) is 0 Å². The summed E-state index contributed by atoms with van der Waals surface area (Å²) >= 11 is 0. The number of carbonyl (C=O) groups excluding carboxylic acids is 1. The molecular formula is C17H24O2. The number of esters is 1. The summed E-state index contributed by atoms with van der Waals surface area (Å²) in [6, 6.07) is 8.71. The summed E-state index contributed by atoms with van der Waals surface area (Å²) in [5, 5.41) is 0. The number of methoxy groups -OCH3 is 1. The smallest absolute Gasteiger partial charge is 0.333 e. The summed E-state index contributed by atoms with van der Waals surface area (Å²) in [4.78, 5) is 11.2. The molecule has 104 valence electrons. The topological polar surface area (TPSA) is 26.3 Å². The van der Waals surface area contributed by atoms with Gasteiger partial charge >= 0.3 is 5.97 Å². The molecule has 0 aromatic heterocycles. The molecule has 1 aromatic carbocycles. The standard InChI is InChI=1S/C17H24O2/c1-13(16(18)19-5)7-6-8-14-9-11-15(12-10-14)17(2,3)4/h9-12H,1,6-8H2,2-5H3. The zero-order valence-corrected chi connectivity index (χ0v) is 12.5. The predicted molar refractivity (Wildman–Crippen MR) is 79.2 cm³/mol. The summed E-state index contributed by atoms with van der Waals surface area (Å²) < 4.78 is 4.63. The lowest BCUT2D eigenvalue weighted by atomic mass is 9.86. The van der Waals surface area contributed by atoms with Gasteiger partial charge in [0.25, 0.3) is 0 Å². The number of hydrogen-bond donors (Lipinski definition) is 0. The van der Waals surface area contributed by atoms with E-state index in [2.05, 4.69) is 56.4 Å². The molecule has 0 fully saturated rings. The lowest BCUT2D eigenvalue weighted by Gasteiger charge is -2.19. The van der Waals surface area contributed by atoms with Gasteiger partial charge in [0.05, 0.1) is 7.11 Å². The second-order valence-electron chi connectivity index (χ2n) is 5.90. The zero-order chi connectivity index (χ0) is 14.5. The van der Waals surface area contributed by atoms with Gasteiger partial charge in [-0.1, -0.05) is 51.6 Å². The van der Waals surface area contributed by atoms with Gasteiger partial charge in [0, 0.05) is 5.57 Å². The predicted octanol–water partition coefficient (Wildman–Crippen LogP) is 4.04. The molecule has 0 spiro atoms. The average Bonchev–Trinajstić information content (AvgIpc) is 2.37. The average molecular weight is 260 g/mol. The molecular weight excluding hydrogens is 236 g/mol. The summed E-state index contributed by atoms with van der Waals surface area (Å²) in [7, 11) is 1.39. The summed E-state index contributed by atoms with van der Waals surface area (Å²) in [6.07, 6.45) is 2.57. The van der Waals surface area contributed by atoms with Crippen molar-refractivity contribution in [3.63, 3.8) is 0 Å². The van der Waals surface area contributed by atoms with Crippen LogP contribution in [0.5, 0.6) is 0 Å². The van der Waals surface area contributed by atoms with Crippen molar-refractivity contribution in [2.75, 3.05) is 7.11 Å². The van der Waals surface area contributed by atoms with E-state index in [0.29, 0.717) is 12.0 Å². The van der Waals surface area contributed by atoms with E-state index in [0.717, 1.165) is 12.8 Å². The fourth-order valence-electron chi connectivity index (χ4n) is 1.92. The molecule has 0 radical (unpaired) electrons. The molecule has 0 atom stereocenters. The van der Waals surface area contributed by atoms with Crippen LogP contribution in [0.4, 0.5) is 0 Å². The Labute approximate surface area is 116 Å². The number of aryl methyl sites for hydroxylation is 1. The maximum absolute atomic E-state index is 11.2. The third-order valence-electron chi connectivity index (χ3n) is 3.24. The molecule has 0 heterocycles. The van der Waals surface area contributed by atoms with E-state index in [9.17, 15) is 4.79 Å². The van der Waals surface area contributed by atoms with Crippen molar-refractivity contribution in [3.05, 3.63) is 47.5 Å². The molecule has 0 aliphatic carbocycles. The first-order valence-electron chi connectivity index (χ1n) is 6.70. The van der Waals surface area contributed by atoms with E-state index in [-0.39, 0.29) is 11.4 Å². The normalized spacial score (nSPS) is 11.2. The van der Waals surface area contributed by atoms with Gasteiger partial charge in [0.2, 0.25) is 0 Å². The van der Waals surface area contributed by atoms with Crippen LogP contribution in [0.25, 0.3) is 0 Å². The quantitative estimate of drug-likeness (QED) is 0.590. The Morgan fingerprint density at radius 3 is 2.26 bits per heavy atom. The van der Waals surface area contributed by atoms with E-state index >= 15 is 0 Å². The van der Waals surface area contributed by atoms with Crippen molar-refractivity contribution in [1.82, 2.24) is 0 Å². The highest BCUT2D eigenvalue weighted by molar-refractivity contribution is 5.87. The van der Waals surface area contributed by atoms with Gasteiger partial charge in [-0.15, -0.1) is 0 Å². The molecule has 2 nitrogen and oxygen atoms in total. The van der Waals surface area contributed by atoms with E-state index in [4.69, 9.17) is 0 Å². The Kier molecular flexibility index (Phi) is 5.34. The number of ether oxygens (including phenoxy) is 1. The highest BCUT2D eigenvalue weighted by Crippen LogP contribution is 2.22. The van der Waals surface area contributed by atoms with E-state index in [1.54, 1.807) is 0 Å². The third-order valence-corrected chi connectivity index (χ3v) is 3.24. The van der Waals surface area contributed by atoms with E-state index in [1.807, 2.05) is 0 Å². The van der Waals surface area contributed by atoms with Gasteiger partial charge < -0.3 is 4.74 Å². The van der Waals surface area contributed by atoms with Crippen LogP contribution in [0.2, 0.25) is 0 Å². The van der Waals surface area contributed by atoms with Crippen molar-refractivity contribution in [2.24, 2.45) is 0 Å². The SMILES string of the molecule is C=C(CCCc1ccc(C(C)(C)C)cc1)C(=O)OC. The van der Waals surface area contributed by atoms with Gasteiger partial charge in [0.1, 0.15) is 0 Å². The minimum atomic E-state index is -0.303. The molecule has 0 N–H and O–H groups in total. The molecule has 0 amide bonds. The molecule has 0 aliphatic heterocycles. The molecule has 2 heteroatoms. The minimum Gasteiger partial charge on any atom is -0.466 e. The van der Waals surface area contributed by atoms with Crippen LogP contribution in [-0.4, -0.2) is 13.1 Å².